The number of ether oxygens (including phenoxy) is 4. The second kappa shape index (κ2) is 12.6. The molecule has 3 unspecified atom stereocenters. The van der Waals surface area contributed by atoms with Gasteiger partial charge in [-0.05, 0) is 38.8 Å². The fourth-order valence-corrected chi connectivity index (χ4v) is 6.56. The number of aliphatic hydroxyl groups is 4. The van der Waals surface area contributed by atoms with Crippen molar-refractivity contribution in [2.24, 2.45) is 23.1 Å². The van der Waals surface area contributed by atoms with Gasteiger partial charge in [0, 0.05) is 44.1 Å². The van der Waals surface area contributed by atoms with Crippen LogP contribution in [0.3, 0.4) is 0 Å². The lowest BCUT2D eigenvalue weighted by molar-refractivity contribution is -0.308. The van der Waals surface area contributed by atoms with Gasteiger partial charge in [0.1, 0.15) is 35.3 Å². The third kappa shape index (κ3) is 6.40. The molecule has 3 aliphatic heterocycles. The van der Waals surface area contributed by atoms with Crippen molar-refractivity contribution in [3.8, 4) is 0 Å². The lowest BCUT2D eigenvalue weighted by Gasteiger charge is -2.49. The minimum atomic E-state index is -1.61. The second-order valence-corrected chi connectivity index (χ2v) is 12.7. The van der Waals surface area contributed by atoms with E-state index in [1.807, 2.05) is 6.08 Å². The van der Waals surface area contributed by atoms with Crippen molar-refractivity contribution in [3.05, 3.63) is 11.8 Å². The van der Waals surface area contributed by atoms with Crippen molar-refractivity contribution in [1.82, 2.24) is 16.0 Å². The first-order valence-electron chi connectivity index (χ1n) is 14.9. The summed E-state index contributed by atoms with van der Waals surface area (Å²) in [6.07, 6.45) is -4.01. The quantitative estimate of drug-likeness (QED) is 0.107. The van der Waals surface area contributed by atoms with Crippen molar-refractivity contribution in [1.29, 1.82) is 0 Å². The normalized spacial score (nSPS) is 47.7. The number of aliphatic hydroxyl groups excluding tert-OH is 2. The first kappa shape index (κ1) is 32.1. The molecule has 0 bridgehead atoms. The third-order valence-electron chi connectivity index (χ3n) is 9.40. The molecule has 13 atom stereocenters. The number of hydrogen-bond donors (Lipinski definition) is 10. The summed E-state index contributed by atoms with van der Waals surface area (Å²) in [5.41, 5.74) is 15.2. The zero-order chi connectivity index (χ0) is 30.4. The average molecular weight is 601 g/mol. The second-order valence-electron chi connectivity index (χ2n) is 12.7. The Labute approximate surface area is 245 Å². The molecule has 0 amide bonds. The molecule has 2 saturated heterocycles. The lowest BCUT2D eigenvalue weighted by atomic mass is 9.76. The molecule has 0 aromatic heterocycles. The highest BCUT2D eigenvalue weighted by Gasteiger charge is 2.58. The molecule has 15 heteroatoms. The van der Waals surface area contributed by atoms with Crippen LogP contribution in [-0.4, -0.2) is 138 Å². The molecular formula is C27H48N6O9. The Morgan fingerprint density at radius 3 is 2.45 bits per heavy atom. The van der Waals surface area contributed by atoms with E-state index in [0.717, 1.165) is 13.1 Å². The average Bonchev–Trinajstić information content (AvgIpc) is 3.55. The Kier molecular flexibility index (Phi) is 9.62. The van der Waals surface area contributed by atoms with Crippen LogP contribution in [0.4, 0.5) is 0 Å². The van der Waals surface area contributed by atoms with Gasteiger partial charge < -0.3 is 72.5 Å². The molecule has 3 heterocycles. The van der Waals surface area contributed by atoms with Crippen molar-refractivity contribution in [2.75, 3.05) is 33.3 Å². The van der Waals surface area contributed by atoms with Gasteiger partial charge in [-0.3, -0.25) is 4.79 Å². The van der Waals surface area contributed by atoms with Gasteiger partial charge in [0.05, 0.1) is 31.3 Å². The van der Waals surface area contributed by atoms with E-state index in [2.05, 4.69) is 16.0 Å². The van der Waals surface area contributed by atoms with Crippen molar-refractivity contribution < 1.29 is 44.2 Å². The first-order chi connectivity index (χ1) is 19.9. The van der Waals surface area contributed by atoms with E-state index in [1.54, 1.807) is 7.05 Å². The number of nitrogens with one attached hydrogen (secondary N) is 3. The minimum Gasteiger partial charge on any atom is -0.467 e. The summed E-state index contributed by atoms with van der Waals surface area (Å²) in [5.74, 6) is -0.537. The van der Waals surface area contributed by atoms with Gasteiger partial charge in [-0.2, -0.15) is 0 Å². The van der Waals surface area contributed by atoms with Crippen molar-refractivity contribution in [2.45, 2.75) is 111 Å². The highest BCUT2D eigenvalue weighted by Crippen LogP contribution is 2.41. The van der Waals surface area contributed by atoms with E-state index in [-0.39, 0.29) is 44.5 Å². The Balaban J connectivity index is 1.35. The minimum absolute atomic E-state index is 0.145. The van der Waals surface area contributed by atoms with E-state index >= 15 is 0 Å². The van der Waals surface area contributed by atoms with Crippen LogP contribution in [0, 0.1) is 5.92 Å². The zero-order valence-corrected chi connectivity index (χ0v) is 24.2. The van der Waals surface area contributed by atoms with Gasteiger partial charge in [0.25, 0.3) is 0 Å². The molecule has 240 valence electrons. The molecule has 0 aromatic rings. The maximum atomic E-state index is 13.0. The van der Waals surface area contributed by atoms with Crippen LogP contribution in [0.1, 0.15) is 32.6 Å². The number of hydrogen-bond acceptors (Lipinski definition) is 15. The maximum Gasteiger partial charge on any atom is 0.215 e. The molecule has 2 aliphatic carbocycles. The van der Waals surface area contributed by atoms with Gasteiger partial charge >= 0.3 is 0 Å². The molecule has 0 radical (unpaired) electrons. The summed E-state index contributed by atoms with van der Waals surface area (Å²) in [4.78, 5) is 13.0. The SMILES string of the molecule is CN[C@@H]1[C@@H](O)[C@@H](O[C@H]2[C@H](CC(=O)C3(O)CC3N)C[C@H](N)C(O[C@H]3OC(CN)=CC[C@H]3NC3CNC3)[C@@H]2O)OC[C@]1(C)O. The monoisotopic (exact) mass is 600 g/mol. The van der Waals surface area contributed by atoms with Crippen LogP contribution in [0.2, 0.25) is 0 Å². The van der Waals surface area contributed by atoms with E-state index in [4.69, 9.17) is 36.1 Å². The third-order valence-corrected chi connectivity index (χ3v) is 9.40. The topological polar surface area (TPSA) is 249 Å². The van der Waals surface area contributed by atoms with Crippen molar-refractivity contribution in [3.63, 3.8) is 0 Å². The number of ketones is 1. The van der Waals surface area contributed by atoms with Crippen LogP contribution >= 0.6 is 0 Å². The molecule has 13 N–H and O–H groups in total. The van der Waals surface area contributed by atoms with E-state index in [0.29, 0.717) is 12.2 Å². The predicted molar refractivity (Wildman–Crippen MR) is 148 cm³/mol. The summed E-state index contributed by atoms with van der Waals surface area (Å²) in [5, 5.41) is 53.6. The standard InChI is InChI=1S/C27H48N6O9/c1-26(37)11-39-25(20(36)23(26)31-2)41-21-12(6-18(34)27(38)7-17(27)30)5-15(29)22(19(21)35)42-24-16(33-13-9-32-10-13)4-3-14(8-28)40-24/h3,12-13,15-17,19-25,31-33,35-38H,4-11,28-30H2,1-2H3/t12-,15-,16+,17?,19+,20+,21-,22?,23+,24+,25+,26-,27?/m0/s1. The molecular weight excluding hydrogens is 552 g/mol. The summed E-state index contributed by atoms with van der Waals surface area (Å²) >= 11 is 0. The number of carbonyl (C=O) groups is 1. The van der Waals surface area contributed by atoms with Gasteiger partial charge in [-0.1, -0.05) is 0 Å². The summed E-state index contributed by atoms with van der Waals surface area (Å²) in [6.45, 7) is 3.20. The maximum absolute atomic E-state index is 13.0. The van der Waals surface area contributed by atoms with Gasteiger partial charge in [0.2, 0.25) is 6.29 Å². The van der Waals surface area contributed by atoms with E-state index in [9.17, 15) is 25.2 Å². The molecule has 0 aromatic carbocycles. The first-order valence-corrected chi connectivity index (χ1v) is 14.9. The number of Topliss-reactive ketones (excluding diaryl/α,β-unsaturated/α-hetero) is 1. The Hall–Kier alpha value is -1.31. The Bertz CT molecular complexity index is 1000. The number of likely N-dealkylation sites (N-methyl/N-ethyl adjacent to an activating group) is 1. The highest BCUT2D eigenvalue weighted by atomic mass is 16.7. The van der Waals surface area contributed by atoms with Crippen LogP contribution in [0.25, 0.3) is 0 Å². The fourth-order valence-electron chi connectivity index (χ4n) is 6.56. The van der Waals surface area contributed by atoms with Crippen molar-refractivity contribution >= 4 is 5.78 Å². The zero-order valence-electron chi connectivity index (χ0n) is 24.2. The smallest absolute Gasteiger partial charge is 0.215 e. The molecule has 15 nitrogen and oxygen atoms in total. The highest BCUT2D eigenvalue weighted by molar-refractivity contribution is 5.91. The molecule has 42 heavy (non-hydrogen) atoms. The van der Waals surface area contributed by atoms with E-state index in [1.165, 1.54) is 6.92 Å². The molecule has 0 spiro atoms. The number of nitrogens with two attached hydrogens (primary N) is 3. The summed E-state index contributed by atoms with van der Waals surface area (Å²) in [7, 11) is 1.60. The predicted octanol–water partition coefficient (Wildman–Crippen LogP) is -4.54. The number of rotatable bonds is 11. The van der Waals surface area contributed by atoms with Gasteiger partial charge in [-0.25, -0.2) is 0 Å². The molecule has 5 aliphatic rings. The summed E-state index contributed by atoms with van der Waals surface area (Å²) < 4.78 is 24.3. The summed E-state index contributed by atoms with van der Waals surface area (Å²) in [6, 6.07) is -2.13. The molecule has 4 fully saturated rings. The Morgan fingerprint density at radius 2 is 1.86 bits per heavy atom. The largest absolute Gasteiger partial charge is 0.467 e. The van der Waals surface area contributed by atoms with Crippen LogP contribution in [0.5, 0.6) is 0 Å². The molecule has 5 rings (SSSR count). The van der Waals surface area contributed by atoms with Crippen LogP contribution in [0.15, 0.2) is 11.8 Å². The van der Waals surface area contributed by atoms with Crippen LogP contribution < -0.4 is 33.2 Å². The fraction of sp³-hybridized carbons (Fsp3) is 0.889. The van der Waals surface area contributed by atoms with Crippen LogP contribution in [-0.2, 0) is 23.7 Å². The molecule has 2 saturated carbocycles. The number of carbonyl (C=O) groups excluding carboxylic acids is 1. The lowest BCUT2D eigenvalue weighted by Crippen LogP contribution is -2.67. The van der Waals surface area contributed by atoms with E-state index < -0.39 is 78.0 Å². The van der Waals surface area contributed by atoms with Gasteiger partial charge in [-0.15, -0.1) is 0 Å². The van der Waals surface area contributed by atoms with Gasteiger partial charge in [0.15, 0.2) is 12.1 Å². The Morgan fingerprint density at radius 1 is 1.17 bits per heavy atom.